The molecule has 0 radical (unpaired) electrons. The summed E-state index contributed by atoms with van der Waals surface area (Å²) in [6.45, 7) is 4.52. The van der Waals surface area contributed by atoms with Crippen molar-refractivity contribution in [1.82, 2.24) is 24.5 Å². The molecule has 3 aromatic rings. The van der Waals surface area contributed by atoms with Crippen LogP contribution in [0.5, 0.6) is 0 Å². The maximum Gasteiger partial charge on any atom is 0.452 e. The number of benzene rings is 1. The van der Waals surface area contributed by atoms with Gasteiger partial charge in [-0.25, -0.2) is 4.98 Å². The van der Waals surface area contributed by atoms with Gasteiger partial charge in [-0.15, -0.1) is 10.2 Å². The molecule has 0 saturated heterocycles. The molecule has 0 amide bonds. The smallest absolute Gasteiger partial charge is 0.305 e. The average molecular weight is 369 g/mol. The van der Waals surface area contributed by atoms with Gasteiger partial charge in [0, 0.05) is 11.8 Å². The van der Waals surface area contributed by atoms with Crippen LogP contribution in [0.3, 0.4) is 0 Å². The molecule has 0 aliphatic carbocycles. The van der Waals surface area contributed by atoms with E-state index in [1.165, 1.54) is 11.8 Å². The summed E-state index contributed by atoms with van der Waals surface area (Å²) in [7, 11) is 3.81. The van der Waals surface area contributed by atoms with Crippen LogP contribution in [-0.4, -0.2) is 43.8 Å². The maximum absolute atomic E-state index is 13.4. The van der Waals surface area contributed by atoms with Gasteiger partial charge in [0.25, 0.3) is 0 Å². The van der Waals surface area contributed by atoms with Crippen molar-refractivity contribution >= 4 is 28.4 Å². The molecule has 0 aliphatic rings. The van der Waals surface area contributed by atoms with Crippen LogP contribution in [0.25, 0.3) is 16.7 Å². The van der Waals surface area contributed by atoms with Gasteiger partial charge >= 0.3 is 6.18 Å². The number of alkyl halides is 3. The molecule has 3 rings (SSSR count). The van der Waals surface area contributed by atoms with Crippen LogP contribution >= 0.6 is 11.8 Å². The second-order valence-corrected chi connectivity index (χ2v) is 7.89. The Labute approximate surface area is 147 Å². The number of fused-ring (bicyclic) bond motifs is 3. The molecule has 0 N–H and O–H groups in total. The Morgan fingerprint density at radius 2 is 1.92 bits per heavy atom. The molecule has 2 aromatic heterocycles. The van der Waals surface area contributed by atoms with Gasteiger partial charge in [-0.1, -0.05) is 31.7 Å². The molecule has 0 aliphatic heterocycles. The fraction of sp³-hybridized carbons (Fsp3) is 0.438. The van der Waals surface area contributed by atoms with E-state index in [4.69, 9.17) is 0 Å². The number of halogens is 3. The van der Waals surface area contributed by atoms with E-state index in [-0.39, 0.29) is 10.9 Å². The number of aromatic nitrogens is 4. The Kier molecular flexibility index (Phi) is 4.63. The topological polar surface area (TPSA) is 46.3 Å². The highest BCUT2D eigenvalue weighted by Crippen LogP contribution is 2.34. The lowest BCUT2D eigenvalue weighted by Crippen LogP contribution is -2.13. The molecule has 0 unspecified atom stereocenters. The summed E-state index contributed by atoms with van der Waals surface area (Å²) in [6.07, 6.45) is -4.59. The molecule has 2 heterocycles. The highest BCUT2D eigenvalue weighted by atomic mass is 32.2. The van der Waals surface area contributed by atoms with Gasteiger partial charge in [-0.05, 0) is 31.8 Å². The molecular formula is C16H18F3N5S. The van der Waals surface area contributed by atoms with Crippen molar-refractivity contribution in [2.45, 2.75) is 36.8 Å². The average Bonchev–Trinajstić information content (AvgIpc) is 2.92. The van der Waals surface area contributed by atoms with Crippen LogP contribution in [0.1, 0.15) is 25.2 Å². The third kappa shape index (κ3) is 3.57. The largest absolute Gasteiger partial charge is 0.452 e. The summed E-state index contributed by atoms with van der Waals surface area (Å²) >= 11 is 1.37. The first-order chi connectivity index (χ1) is 11.7. The Hall–Kier alpha value is -1.87. The molecule has 0 atom stereocenters. The van der Waals surface area contributed by atoms with E-state index in [9.17, 15) is 13.2 Å². The lowest BCUT2D eigenvalue weighted by Gasteiger charge is -2.13. The van der Waals surface area contributed by atoms with Crippen molar-refractivity contribution < 1.29 is 13.2 Å². The molecule has 0 saturated carbocycles. The van der Waals surface area contributed by atoms with E-state index in [1.54, 1.807) is 12.1 Å². The van der Waals surface area contributed by atoms with Gasteiger partial charge in [0.2, 0.25) is 5.82 Å². The van der Waals surface area contributed by atoms with Gasteiger partial charge in [-0.2, -0.15) is 13.2 Å². The zero-order valence-electron chi connectivity index (χ0n) is 14.3. The van der Waals surface area contributed by atoms with Crippen molar-refractivity contribution in [2.24, 2.45) is 0 Å². The summed E-state index contributed by atoms with van der Waals surface area (Å²) in [6, 6.07) is 5.35. The molecule has 134 valence electrons. The fourth-order valence-corrected chi connectivity index (χ4v) is 3.44. The predicted molar refractivity (Wildman–Crippen MR) is 91.7 cm³/mol. The highest BCUT2D eigenvalue weighted by molar-refractivity contribution is 8.00. The first-order valence-electron chi connectivity index (χ1n) is 7.73. The van der Waals surface area contributed by atoms with Crippen molar-refractivity contribution in [1.29, 1.82) is 0 Å². The van der Waals surface area contributed by atoms with E-state index in [0.29, 0.717) is 22.6 Å². The lowest BCUT2D eigenvalue weighted by atomic mass is 10.2. The van der Waals surface area contributed by atoms with Gasteiger partial charge in [-0.3, -0.25) is 4.40 Å². The highest BCUT2D eigenvalue weighted by Gasteiger charge is 2.38. The Morgan fingerprint density at radius 3 is 2.52 bits per heavy atom. The SMILES string of the molecule is CC(C)Sc1nc2ccc(CN(C)C)cc2n2c(C(F)(F)F)nnc12. The number of rotatable bonds is 4. The second-order valence-electron chi connectivity index (χ2n) is 6.32. The minimum Gasteiger partial charge on any atom is -0.305 e. The van der Waals surface area contributed by atoms with Crippen LogP contribution < -0.4 is 0 Å². The van der Waals surface area contributed by atoms with Gasteiger partial charge in [0.05, 0.1) is 11.0 Å². The van der Waals surface area contributed by atoms with Crippen LogP contribution in [0.4, 0.5) is 13.2 Å². The van der Waals surface area contributed by atoms with E-state index in [1.807, 2.05) is 38.9 Å². The lowest BCUT2D eigenvalue weighted by molar-refractivity contribution is -0.145. The second kappa shape index (κ2) is 6.45. The third-order valence-electron chi connectivity index (χ3n) is 3.46. The quantitative estimate of drug-likeness (QED) is 0.654. The Bertz CT molecular complexity index is 917. The zero-order chi connectivity index (χ0) is 18.4. The molecular weight excluding hydrogens is 351 g/mol. The Morgan fingerprint density at radius 1 is 1.20 bits per heavy atom. The minimum atomic E-state index is -4.59. The van der Waals surface area contributed by atoms with Gasteiger partial charge in [0.15, 0.2) is 5.65 Å². The molecule has 5 nitrogen and oxygen atoms in total. The molecule has 9 heteroatoms. The number of nitrogens with zero attached hydrogens (tertiary/aromatic N) is 5. The van der Waals surface area contributed by atoms with Crippen molar-refractivity contribution in [2.75, 3.05) is 14.1 Å². The molecule has 25 heavy (non-hydrogen) atoms. The standard InChI is InChI=1S/C16H18F3N5S/c1-9(2)25-14-13-21-22-15(16(17,18)19)24(13)12-7-10(8-23(3)4)5-6-11(12)20-14/h5-7,9H,8H2,1-4H3. The molecule has 0 bridgehead atoms. The molecule has 0 spiro atoms. The normalized spacial score (nSPS) is 12.8. The Balaban J connectivity index is 2.34. The summed E-state index contributed by atoms with van der Waals surface area (Å²) in [5.41, 5.74) is 1.88. The van der Waals surface area contributed by atoms with E-state index < -0.39 is 12.0 Å². The fourth-order valence-electron chi connectivity index (χ4n) is 2.60. The minimum absolute atomic E-state index is 0.139. The number of hydrogen-bond acceptors (Lipinski definition) is 5. The van der Waals surface area contributed by atoms with Crippen molar-refractivity contribution in [3.8, 4) is 0 Å². The maximum atomic E-state index is 13.4. The molecule has 1 aromatic carbocycles. The van der Waals surface area contributed by atoms with Crippen LogP contribution in [0.2, 0.25) is 0 Å². The number of thioether (sulfide) groups is 1. The van der Waals surface area contributed by atoms with Gasteiger partial charge < -0.3 is 4.90 Å². The summed E-state index contributed by atoms with van der Waals surface area (Å²) in [5.74, 6) is -1.03. The van der Waals surface area contributed by atoms with E-state index in [0.717, 1.165) is 9.96 Å². The van der Waals surface area contributed by atoms with Crippen molar-refractivity contribution in [3.05, 3.63) is 29.6 Å². The monoisotopic (exact) mass is 369 g/mol. The first kappa shape index (κ1) is 17.9. The summed E-state index contributed by atoms with van der Waals surface area (Å²) in [4.78, 5) is 6.47. The van der Waals surface area contributed by atoms with E-state index >= 15 is 0 Å². The van der Waals surface area contributed by atoms with Crippen LogP contribution in [0.15, 0.2) is 23.2 Å². The van der Waals surface area contributed by atoms with Crippen LogP contribution in [-0.2, 0) is 12.7 Å². The van der Waals surface area contributed by atoms with E-state index in [2.05, 4.69) is 15.2 Å². The summed E-state index contributed by atoms with van der Waals surface area (Å²) < 4.78 is 41.4. The first-order valence-corrected chi connectivity index (χ1v) is 8.61. The summed E-state index contributed by atoms with van der Waals surface area (Å²) in [5, 5.41) is 7.79. The molecule has 0 fully saturated rings. The third-order valence-corrected chi connectivity index (χ3v) is 4.43. The number of hydrogen-bond donors (Lipinski definition) is 0. The van der Waals surface area contributed by atoms with Gasteiger partial charge in [0.1, 0.15) is 5.03 Å². The predicted octanol–water partition coefficient (Wildman–Crippen LogP) is 3.86. The van der Waals surface area contributed by atoms with Crippen molar-refractivity contribution in [3.63, 3.8) is 0 Å². The zero-order valence-corrected chi connectivity index (χ0v) is 15.1. The van der Waals surface area contributed by atoms with Crippen LogP contribution in [0, 0.1) is 0 Å².